The number of methoxy groups -OCH3 is 1. The van der Waals surface area contributed by atoms with Crippen molar-refractivity contribution in [3.8, 4) is 5.75 Å². The van der Waals surface area contributed by atoms with Gasteiger partial charge in [-0.3, -0.25) is 0 Å². The van der Waals surface area contributed by atoms with Crippen molar-refractivity contribution in [1.82, 2.24) is 0 Å². The Balaban J connectivity index is 2.06. The van der Waals surface area contributed by atoms with Gasteiger partial charge < -0.3 is 15.2 Å². The van der Waals surface area contributed by atoms with Crippen LogP contribution in [0.1, 0.15) is 21.5 Å². The lowest BCUT2D eigenvalue weighted by atomic mass is 10.1. The lowest BCUT2D eigenvalue weighted by molar-refractivity contribution is 0.0472. The fraction of sp³-hybridized carbons (Fsp3) is 0.188. The third-order valence-electron chi connectivity index (χ3n) is 3.13. The van der Waals surface area contributed by atoms with Gasteiger partial charge in [0, 0.05) is 0 Å². The molecule has 0 aliphatic rings. The predicted molar refractivity (Wildman–Crippen MR) is 77.7 cm³/mol. The number of hydrogen-bond acceptors (Lipinski definition) is 4. The monoisotopic (exact) mass is 289 g/mol. The second kappa shape index (κ2) is 6.26. The van der Waals surface area contributed by atoms with Crippen LogP contribution in [-0.4, -0.2) is 13.1 Å². The van der Waals surface area contributed by atoms with Gasteiger partial charge in [-0.25, -0.2) is 9.18 Å². The molecule has 21 heavy (non-hydrogen) atoms. The molecule has 0 aliphatic carbocycles. The third kappa shape index (κ3) is 3.51. The molecule has 0 fully saturated rings. The lowest BCUT2D eigenvalue weighted by Crippen LogP contribution is -2.07. The summed E-state index contributed by atoms with van der Waals surface area (Å²) in [6.07, 6.45) is 0. The molecule has 4 nitrogen and oxygen atoms in total. The Hall–Kier alpha value is -2.56. The first-order valence-electron chi connectivity index (χ1n) is 6.37. The minimum absolute atomic E-state index is 0.0802. The summed E-state index contributed by atoms with van der Waals surface area (Å²) in [5, 5.41) is 0. The number of halogens is 1. The van der Waals surface area contributed by atoms with Gasteiger partial charge in [0.2, 0.25) is 0 Å². The van der Waals surface area contributed by atoms with Gasteiger partial charge in [-0.05, 0) is 48.4 Å². The zero-order valence-electron chi connectivity index (χ0n) is 11.9. The second-order valence-corrected chi connectivity index (χ2v) is 4.60. The number of esters is 1. The number of carbonyl (C=O) groups is 1. The molecular formula is C16H16FNO3. The lowest BCUT2D eigenvalue weighted by Gasteiger charge is -2.09. The van der Waals surface area contributed by atoms with Crippen molar-refractivity contribution in [2.75, 3.05) is 12.8 Å². The van der Waals surface area contributed by atoms with Gasteiger partial charge >= 0.3 is 5.97 Å². The van der Waals surface area contributed by atoms with Crippen LogP contribution in [-0.2, 0) is 11.3 Å². The van der Waals surface area contributed by atoms with Crippen LogP contribution in [0.4, 0.5) is 10.1 Å². The van der Waals surface area contributed by atoms with Crippen LogP contribution in [0, 0.1) is 12.7 Å². The van der Waals surface area contributed by atoms with Gasteiger partial charge in [0.05, 0.1) is 18.4 Å². The molecule has 2 aromatic rings. The normalized spacial score (nSPS) is 10.2. The summed E-state index contributed by atoms with van der Waals surface area (Å²) in [5.41, 5.74) is 7.94. The maximum Gasteiger partial charge on any atom is 0.338 e. The van der Waals surface area contributed by atoms with E-state index < -0.39 is 5.97 Å². The fourth-order valence-electron chi connectivity index (χ4n) is 1.91. The Morgan fingerprint density at radius 2 is 2.00 bits per heavy atom. The molecule has 0 radical (unpaired) electrons. The summed E-state index contributed by atoms with van der Waals surface area (Å²) in [4.78, 5) is 12.0. The molecule has 0 unspecified atom stereocenters. The van der Waals surface area contributed by atoms with Crippen molar-refractivity contribution in [3.63, 3.8) is 0 Å². The molecule has 110 valence electrons. The SMILES string of the molecule is COc1ccc(C(=O)OCc2ccc(F)cc2C)cc1N. The van der Waals surface area contributed by atoms with Gasteiger partial charge in [0.15, 0.2) is 0 Å². The van der Waals surface area contributed by atoms with E-state index in [9.17, 15) is 9.18 Å². The number of rotatable bonds is 4. The summed E-state index contributed by atoms with van der Waals surface area (Å²) in [6, 6.07) is 9.01. The molecule has 0 saturated heterocycles. The molecule has 0 atom stereocenters. The van der Waals surface area contributed by atoms with Crippen LogP contribution in [0.25, 0.3) is 0 Å². The number of anilines is 1. The predicted octanol–water partition coefficient (Wildman–Crippen LogP) is 3.08. The molecule has 0 aliphatic heterocycles. The maximum absolute atomic E-state index is 13.0. The first kappa shape index (κ1) is 14.8. The van der Waals surface area contributed by atoms with Gasteiger partial charge in [0.25, 0.3) is 0 Å². The minimum Gasteiger partial charge on any atom is -0.495 e. The van der Waals surface area contributed by atoms with E-state index >= 15 is 0 Å². The van der Waals surface area contributed by atoms with Gasteiger partial charge in [0.1, 0.15) is 18.2 Å². The molecule has 0 aromatic heterocycles. The molecular weight excluding hydrogens is 273 g/mol. The number of nitrogen functional groups attached to an aromatic ring is 1. The van der Waals surface area contributed by atoms with Crippen molar-refractivity contribution in [2.45, 2.75) is 13.5 Å². The van der Waals surface area contributed by atoms with Crippen LogP contribution in [0.15, 0.2) is 36.4 Å². The summed E-state index contributed by atoms with van der Waals surface area (Å²) < 4.78 is 23.2. The maximum atomic E-state index is 13.0. The molecule has 0 saturated carbocycles. The van der Waals surface area contributed by atoms with E-state index in [1.807, 2.05) is 0 Å². The zero-order valence-corrected chi connectivity index (χ0v) is 11.9. The van der Waals surface area contributed by atoms with Crippen LogP contribution >= 0.6 is 0 Å². The Kier molecular flexibility index (Phi) is 4.42. The summed E-state index contributed by atoms with van der Waals surface area (Å²) in [5.74, 6) is -0.306. The standard InChI is InChI=1S/C16H16FNO3/c1-10-7-13(17)5-3-12(10)9-21-16(19)11-4-6-15(20-2)14(18)8-11/h3-8H,9,18H2,1-2H3. The van der Waals surface area contributed by atoms with Crippen LogP contribution in [0.5, 0.6) is 5.75 Å². The highest BCUT2D eigenvalue weighted by Gasteiger charge is 2.11. The smallest absolute Gasteiger partial charge is 0.338 e. The summed E-state index contributed by atoms with van der Waals surface area (Å²) in [6.45, 7) is 1.84. The number of ether oxygens (including phenoxy) is 2. The average molecular weight is 289 g/mol. The molecule has 0 amide bonds. The van der Waals surface area contributed by atoms with E-state index in [1.165, 1.54) is 25.3 Å². The minimum atomic E-state index is -0.493. The number of hydrogen-bond donors (Lipinski definition) is 1. The van der Waals surface area contributed by atoms with Crippen molar-refractivity contribution in [1.29, 1.82) is 0 Å². The van der Waals surface area contributed by atoms with Crippen LogP contribution in [0.3, 0.4) is 0 Å². The van der Waals surface area contributed by atoms with E-state index in [1.54, 1.807) is 25.1 Å². The van der Waals surface area contributed by atoms with Gasteiger partial charge in [-0.15, -0.1) is 0 Å². The number of carbonyl (C=O) groups excluding carboxylic acids is 1. The quantitative estimate of drug-likeness (QED) is 0.694. The highest BCUT2D eigenvalue weighted by molar-refractivity contribution is 5.91. The topological polar surface area (TPSA) is 61.5 Å². The Morgan fingerprint density at radius 3 is 2.62 bits per heavy atom. The Morgan fingerprint density at radius 1 is 1.24 bits per heavy atom. The van der Waals surface area contributed by atoms with E-state index in [4.69, 9.17) is 15.2 Å². The van der Waals surface area contributed by atoms with Crippen molar-refractivity contribution < 1.29 is 18.7 Å². The third-order valence-corrected chi connectivity index (χ3v) is 3.13. The molecule has 5 heteroatoms. The highest BCUT2D eigenvalue weighted by Crippen LogP contribution is 2.22. The van der Waals surface area contributed by atoms with E-state index in [2.05, 4.69) is 0 Å². The fourth-order valence-corrected chi connectivity index (χ4v) is 1.91. The zero-order chi connectivity index (χ0) is 15.4. The Bertz CT molecular complexity index is 671. The first-order valence-corrected chi connectivity index (χ1v) is 6.37. The van der Waals surface area contributed by atoms with Gasteiger partial charge in [-0.2, -0.15) is 0 Å². The number of nitrogens with two attached hydrogens (primary N) is 1. The Labute approximate surface area is 122 Å². The number of aryl methyl sites for hydroxylation is 1. The number of benzene rings is 2. The van der Waals surface area contributed by atoms with Crippen molar-refractivity contribution in [3.05, 3.63) is 58.9 Å². The van der Waals surface area contributed by atoms with Crippen LogP contribution in [0.2, 0.25) is 0 Å². The summed E-state index contributed by atoms with van der Waals surface area (Å²) in [7, 11) is 1.50. The van der Waals surface area contributed by atoms with E-state index in [0.29, 0.717) is 17.0 Å². The summed E-state index contributed by atoms with van der Waals surface area (Å²) >= 11 is 0. The second-order valence-electron chi connectivity index (χ2n) is 4.60. The molecule has 0 heterocycles. The largest absolute Gasteiger partial charge is 0.495 e. The average Bonchev–Trinajstić information content (AvgIpc) is 2.46. The van der Waals surface area contributed by atoms with Crippen LogP contribution < -0.4 is 10.5 Å². The van der Waals surface area contributed by atoms with Crippen molar-refractivity contribution in [2.24, 2.45) is 0 Å². The molecule has 2 N–H and O–H groups in total. The van der Waals surface area contributed by atoms with Gasteiger partial charge in [-0.1, -0.05) is 6.07 Å². The highest BCUT2D eigenvalue weighted by atomic mass is 19.1. The van der Waals surface area contributed by atoms with Crippen molar-refractivity contribution >= 4 is 11.7 Å². The molecule has 2 rings (SSSR count). The van der Waals surface area contributed by atoms with E-state index in [-0.39, 0.29) is 12.4 Å². The van der Waals surface area contributed by atoms with E-state index in [0.717, 1.165) is 11.1 Å². The first-order chi connectivity index (χ1) is 10.0. The molecule has 0 spiro atoms. The molecule has 2 aromatic carbocycles. The molecule has 0 bridgehead atoms.